The molecule has 5 rings (SSSR count). The highest BCUT2D eigenvalue weighted by Crippen LogP contribution is 2.37. The molecule has 0 aliphatic carbocycles. The molecule has 3 heterocycles. The number of hydrogen-bond donors (Lipinski definition) is 0. The van der Waals surface area contributed by atoms with Gasteiger partial charge in [-0.2, -0.15) is 13.2 Å². The Morgan fingerprint density at radius 2 is 1.85 bits per heavy atom. The van der Waals surface area contributed by atoms with Gasteiger partial charge in [0.2, 0.25) is 0 Å². The molecular formula is C25H17F6N5O4. The minimum atomic E-state index is -5.38. The van der Waals surface area contributed by atoms with Crippen LogP contribution in [0.5, 0.6) is 11.6 Å². The Labute approximate surface area is 220 Å². The molecule has 208 valence electrons. The summed E-state index contributed by atoms with van der Waals surface area (Å²) in [5.74, 6) is -9.68. The van der Waals surface area contributed by atoms with Crippen molar-refractivity contribution in [2.75, 3.05) is 13.1 Å². The maximum Gasteiger partial charge on any atom is 0.491 e. The Kier molecular flexibility index (Phi) is 6.81. The van der Waals surface area contributed by atoms with E-state index in [0.717, 1.165) is 17.0 Å². The number of alkyl halides is 5. The molecule has 15 heteroatoms. The maximum absolute atomic E-state index is 14.9. The average molecular weight is 565 g/mol. The number of carbonyl (C=O) groups is 2. The van der Waals surface area contributed by atoms with Gasteiger partial charge in [-0.3, -0.25) is 4.79 Å². The second-order valence-corrected chi connectivity index (χ2v) is 8.75. The lowest BCUT2D eigenvalue weighted by atomic mass is 10.0. The fraction of sp³-hybridized carbons (Fsp3) is 0.240. The maximum atomic E-state index is 14.9. The predicted octanol–water partition coefficient (Wildman–Crippen LogP) is 4.35. The van der Waals surface area contributed by atoms with Gasteiger partial charge in [-0.05, 0) is 30.3 Å². The van der Waals surface area contributed by atoms with Gasteiger partial charge in [0.25, 0.3) is 17.7 Å². The summed E-state index contributed by atoms with van der Waals surface area (Å²) in [7, 11) is 0. The normalized spacial score (nSPS) is 17.1. The zero-order valence-corrected chi connectivity index (χ0v) is 20.1. The van der Waals surface area contributed by atoms with E-state index in [1.165, 1.54) is 53.5 Å². The largest absolute Gasteiger partial charge is 0.491 e. The minimum Gasteiger partial charge on any atom is -0.463 e. The number of hydrogen-bond acceptors (Lipinski definition) is 7. The molecule has 2 aromatic carbocycles. The Bertz CT molecular complexity index is 1580. The molecule has 9 nitrogen and oxygen atoms in total. The Morgan fingerprint density at radius 1 is 1.07 bits per heavy atom. The van der Waals surface area contributed by atoms with Crippen molar-refractivity contribution < 1.29 is 45.4 Å². The number of carbonyl (C=O) groups excluding carboxylic acids is 2. The Balaban J connectivity index is 1.44. The molecular weight excluding hydrogens is 548 g/mol. The summed E-state index contributed by atoms with van der Waals surface area (Å²) in [5, 5.41) is 7.64. The summed E-state index contributed by atoms with van der Waals surface area (Å²) in [6.45, 7) is -1.25. The van der Waals surface area contributed by atoms with Gasteiger partial charge in [0.05, 0.1) is 35.7 Å². The molecule has 1 saturated heterocycles. The number of aromatic nitrogens is 4. The van der Waals surface area contributed by atoms with E-state index in [1.807, 2.05) is 0 Å². The summed E-state index contributed by atoms with van der Waals surface area (Å²) in [4.78, 5) is 29.6. The smallest absolute Gasteiger partial charge is 0.463 e. The van der Waals surface area contributed by atoms with E-state index in [-0.39, 0.29) is 16.6 Å². The van der Waals surface area contributed by atoms with Crippen LogP contribution in [0.1, 0.15) is 16.8 Å². The molecule has 0 saturated carbocycles. The van der Waals surface area contributed by atoms with E-state index in [2.05, 4.69) is 20.0 Å². The van der Waals surface area contributed by atoms with Crippen LogP contribution in [0.3, 0.4) is 0 Å². The van der Waals surface area contributed by atoms with Crippen molar-refractivity contribution >= 4 is 22.8 Å². The molecule has 40 heavy (non-hydrogen) atoms. The number of ether oxygens (including phenoxy) is 2. The van der Waals surface area contributed by atoms with Crippen LogP contribution in [0.2, 0.25) is 0 Å². The lowest BCUT2D eigenvalue weighted by Gasteiger charge is -2.38. The van der Waals surface area contributed by atoms with Crippen molar-refractivity contribution in [3.05, 3.63) is 72.3 Å². The molecule has 4 aromatic rings. The molecule has 1 aliphatic heterocycles. The van der Waals surface area contributed by atoms with E-state index in [9.17, 15) is 35.9 Å². The van der Waals surface area contributed by atoms with Gasteiger partial charge in [-0.15, -0.1) is 5.10 Å². The summed E-state index contributed by atoms with van der Waals surface area (Å²) in [6.07, 6.45) is -5.60. The van der Waals surface area contributed by atoms with Crippen LogP contribution in [-0.2, 0) is 4.79 Å². The van der Waals surface area contributed by atoms with Gasteiger partial charge in [-0.1, -0.05) is 23.4 Å². The number of amides is 1. The molecule has 1 aliphatic rings. The van der Waals surface area contributed by atoms with Crippen molar-refractivity contribution in [2.45, 2.75) is 24.6 Å². The number of rotatable bonds is 5. The van der Waals surface area contributed by atoms with E-state index >= 15 is 0 Å². The standard InChI is InChI=1S/C25H17F6N5O4/c26-17-6-5-15(36-10-8-32-34-36)12-16(17)22(37)35-9-7-24(27,28)20(13-35)40-21-19(39-23(38)25(29,30)31)11-14-3-1-2-4-18(14)33-21/h1-6,8,10-12,20H,7,9,13H2/t20-/m0/s1. The molecule has 0 radical (unpaired) electrons. The van der Waals surface area contributed by atoms with Crippen molar-refractivity contribution in [3.63, 3.8) is 0 Å². The monoisotopic (exact) mass is 565 g/mol. The molecule has 0 spiro atoms. The van der Waals surface area contributed by atoms with Gasteiger partial charge in [0.1, 0.15) is 5.82 Å². The van der Waals surface area contributed by atoms with Crippen molar-refractivity contribution in [2.24, 2.45) is 0 Å². The zero-order chi connectivity index (χ0) is 28.7. The Hall–Kier alpha value is -4.69. The second kappa shape index (κ2) is 10.1. The molecule has 0 N–H and O–H groups in total. The average Bonchev–Trinajstić information content (AvgIpc) is 3.44. The molecule has 0 unspecified atom stereocenters. The topological polar surface area (TPSA) is 99.4 Å². The summed E-state index contributed by atoms with van der Waals surface area (Å²) in [6, 6.07) is 10.5. The first-order valence-electron chi connectivity index (χ1n) is 11.6. The van der Waals surface area contributed by atoms with Gasteiger partial charge in [0.15, 0.2) is 11.9 Å². The van der Waals surface area contributed by atoms with Gasteiger partial charge >= 0.3 is 12.1 Å². The number of para-hydroxylation sites is 1. The van der Waals surface area contributed by atoms with Crippen molar-refractivity contribution in [1.29, 1.82) is 0 Å². The van der Waals surface area contributed by atoms with Crippen LogP contribution in [-0.4, -0.2) is 68.0 Å². The third-order valence-corrected chi connectivity index (χ3v) is 6.07. The number of esters is 1. The van der Waals surface area contributed by atoms with Gasteiger partial charge in [0, 0.05) is 18.4 Å². The van der Waals surface area contributed by atoms with E-state index in [0.29, 0.717) is 0 Å². The number of likely N-dealkylation sites (tertiary alicyclic amines) is 1. The first-order valence-corrected chi connectivity index (χ1v) is 11.6. The number of piperidine rings is 1. The lowest BCUT2D eigenvalue weighted by Crippen LogP contribution is -2.55. The lowest BCUT2D eigenvalue weighted by molar-refractivity contribution is -0.190. The number of pyridine rings is 1. The molecule has 1 atom stereocenters. The third kappa shape index (κ3) is 5.39. The predicted molar refractivity (Wildman–Crippen MR) is 125 cm³/mol. The minimum absolute atomic E-state index is 0.156. The molecule has 1 amide bonds. The van der Waals surface area contributed by atoms with Crippen LogP contribution in [0, 0.1) is 5.82 Å². The first-order chi connectivity index (χ1) is 18.9. The highest BCUT2D eigenvalue weighted by molar-refractivity contribution is 5.95. The summed E-state index contributed by atoms with van der Waals surface area (Å²) in [5.41, 5.74) is 0.0119. The zero-order valence-electron chi connectivity index (χ0n) is 20.1. The fourth-order valence-electron chi connectivity index (χ4n) is 4.04. The summed E-state index contributed by atoms with van der Waals surface area (Å²) >= 11 is 0. The van der Waals surface area contributed by atoms with E-state index < -0.39 is 72.6 Å². The molecule has 1 fully saturated rings. The number of halogens is 6. The summed E-state index contributed by atoms with van der Waals surface area (Å²) < 4.78 is 94.1. The van der Waals surface area contributed by atoms with Crippen molar-refractivity contribution in [1.82, 2.24) is 24.9 Å². The van der Waals surface area contributed by atoms with Crippen LogP contribution < -0.4 is 9.47 Å². The van der Waals surface area contributed by atoms with E-state index in [4.69, 9.17) is 4.74 Å². The Morgan fingerprint density at radius 3 is 2.58 bits per heavy atom. The van der Waals surface area contributed by atoms with Crippen LogP contribution in [0.4, 0.5) is 26.3 Å². The van der Waals surface area contributed by atoms with Crippen molar-refractivity contribution in [3.8, 4) is 17.3 Å². The van der Waals surface area contributed by atoms with E-state index in [1.54, 1.807) is 0 Å². The molecule has 0 bridgehead atoms. The second-order valence-electron chi connectivity index (χ2n) is 8.75. The van der Waals surface area contributed by atoms with Crippen LogP contribution in [0.15, 0.2) is 60.9 Å². The third-order valence-electron chi connectivity index (χ3n) is 6.07. The van der Waals surface area contributed by atoms with Gasteiger partial charge in [-0.25, -0.2) is 27.6 Å². The SMILES string of the molecule is O=C(c1cc(-n2ccnn2)ccc1F)N1CCC(F)(F)[C@@H](Oc2nc3ccccc3cc2OC(=O)C(F)(F)F)C1. The van der Waals surface area contributed by atoms with Gasteiger partial charge < -0.3 is 14.4 Å². The fourth-order valence-corrected chi connectivity index (χ4v) is 4.04. The number of fused-ring (bicyclic) bond motifs is 1. The number of nitrogens with zero attached hydrogens (tertiary/aromatic N) is 5. The first kappa shape index (κ1) is 26.9. The quantitative estimate of drug-likeness (QED) is 0.262. The highest BCUT2D eigenvalue weighted by atomic mass is 19.4. The highest BCUT2D eigenvalue weighted by Gasteiger charge is 2.48. The molecule has 2 aromatic heterocycles. The van der Waals surface area contributed by atoms with Crippen LogP contribution >= 0.6 is 0 Å². The van der Waals surface area contributed by atoms with Crippen LogP contribution in [0.25, 0.3) is 16.6 Å². The number of benzene rings is 2.